The lowest BCUT2D eigenvalue weighted by Crippen LogP contribution is -2.33. The highest BCUT2D eigenvalue weighted by Gasteiger charge is 2.46. The Bertz CT molecular complexity index is 940. The first kappa shape index (κ1) is 19.6. The van der Waals surface area contributed by atoms with Gasteiger partial charge in [-0.2, -0.15) is 0 Å². The van der Waals surface area contributed by atoms with Crippen LogP contribution in [0, 0.1) is 5.82 Å². The molecule has 1 saturated heterocycles. The lowest BCUT2D eigenvalue weighted by molar-refractivity contribution is -0.140. The molecule has 1 fully saturated rings. The molecule has 0 radical (unpaired) electrons. The summed E-state index contributed by atoms with van der Waals surface area (Å²) in [5, 5.41) is 10.9. The van der Waals surface area contributed by atoms with Crippen LogP contribution in [-0.2, 0) is 14.3 Å². The minimum Gasteiger partial charge on any atom is -0.507 e. The maximum atomic E-state index is 14.6. The van der Waals surface area contributed by atoms with Crippen LogP contribution < -0.4 is 4.74 Å². The van der Waals surface area contributed by atoms with Crippen LogP contribution in [0.25, 0.3) is 5.76 Å². The van der Waals surface area contributed by atoms with Crippen molar-refractivity contribution in [1.82, 2.24) is 4.90 Å². The standard InChI is InChI=1S/C21H20FNO5/c1-27-12-11-23-18(13-7-3-5-9-15(13)22)17(20(25)21(23)26)19(24)14-8-4-6-10-16(14)28-2/h3-10,18,24H,11-12H2,1-2H3/b19-17-. The zero-order chi connectivity index (χ0) is 20.3. The number of carbonyl (C=O) groups excluding carboxylic acids is 2. The second kappa shape index (κ2) is 8.22. The summed E-state index contributed by atoms with van der Waals surface area (Å²) < 4.78 is 24.8. The molecule has 1 atom stereocenters. The van der Waals surface area contributed by atoms with Gasteiger partial charge in [-0.3, -0.25) is 9.59 Å². The largest absolute Gasteiger partial charge is 0.507 e. The number of Topliss-reactive ketones (excluding diaryl/α,β-unsaturated/α-hetero) is 1. The molecule has 2 aromatic rings. The molecule has 7 heteroatoms. The van der Waals surface area contributed by atoms with E-state index in [1.54, 1.807) is 30.3 Å². The van der Waals surface area contributed by atoms with Gasteiger partial charge in [0.2, 0.25) is 0 Å². The SMILES string of the molecule is COCCN1C(=O)C(=O)/C(=C(\O)c2ccccc2OC)C1c1ccccc1F. The normalized spacial score (nSPS) is 18.5. The minimum absolute atomic E-state index is 0.0722. The molecule has 0 aliphatic carbocycles. The summed E-state index contributed by atoms with van der Waals surface area (Å²) in [4.78, 5) is 26.6. The molecule has 1 unspecified atom stereocenters. The van der Waals surface area contributed by atoms with Gasteiger partial charge < -0.3 is 19.5 Å². The first-order chi connectivity index (χ1) is 13.5. The summed E-state index contributed by atoms with van der Waals surface area (Å²) in [5.41, 5.74) is 0.182. The number of para-hydroxylation sites is 1. The van der Waals surface area contributed by atoms with E-state index in [9.17, 15) is 19.1 Å². The fourth-order valence-electron chi connectivity index (χ4n) is 3.31. The van der Waals surface area contributed by atoms with Gasteiger partial charge >= 0.3 is 0 Å². The smallest absolute Gasteiger partial charge is 0.295 e. The third-order valence-electron chi connectivity index (χ3n) is 4.64. The molecule has 2 aromatic carbocycles. The highest BCUT2D eigenvalue weighted by atomic mass is 19.1. The molecule has 0 aromatic heterocycles. The van der Waals surface area contributed by atoms with Crippen molar-refractivity contribution in [2.24, 2.45) is 0 Å². The maximum absolute atomic E-state index is 14.6. The van der Waals surface area contributed by atoms with E-state index in [-0.39, 0.29) is 29.9 Å². The number of rotatable bonds is 6. The van der Waals surface area contributed by atoms with Gasteiger partial charge in [-0.1, -0.05) is 30.3 Å². The second-order valence-electron chi connectivity index (χ2n) is 6.21. The van der Waals surface area contributed by atoms with Crippen LogP contribution in [0.5, 0.6) is 5.75 Å². The number of likely N-dealkylation sites (tertiary alicyclic amines) is 1. The average molecular weight is 385 g/mol. The number of halogens is 1. The van der Waals surface area contributed by atoms with Crippen LogP contribution in [0.3, 0.4) is 0 Å². The number of ketones is 1. The summed E-state index contributed by atoms with van der Waals surface area (Å²) >= 11 is 0. The van der Waals surface area contributed by atoms with E-state index in [4.69, 9.17) is 9.47 Å². The van der Waals surface area contributed by atoms with Crippen molar-refractivity contribution in [2.45, 2.75) is 6.04 Å². The van der Waals surface area contributed by atoms with Crippen molar-refractivity contribution in [3.63, 3.8) is 0 Å². The molecular weight excluding hydrogens is 365 g/mol. The summed E-state index contributed by atoms with van der Waals surface area (Å²) in [5.74, 6) is -2.36. The summed E-state index contributed by atoms with van der Waals surface area (Å²) in [6.07, 6.45) is 0. The van der Waals surface area contributed by atoms with Crippen LogP contribution in [0.15, 0.2) is 54.1 Å². The molecular formula is C21H20FNO5. The predicted octanol–water partition coefficient (Wildman–Crippen LogP) is 2.90. The van der Waals surface area contributed by atoms with Crippen molar-refractivity contribution in [1.29, 1.82) is 0 Å². The first-order valence-electron chi connectivity index (χ1n) is 8.66. The van der Waals surface area contributed by atoms with Gasteiger partial charge in [-0.15, -0.1) is 0 Å². The number of aliphatic hydroxyl groups excluding tert-OH is 1. The van der Waals surface area contributed by atoms with Crippen LogP contribution in [-0.4, -0.2) is 49.1 Å². The number of nitrogens with zero attached hydrogens (tertiary/aromatic N) is 1. The zero-order valence-electron chi connectivity index (χ0n) is 15.5. The van der Waals surface area contributed by atoms with Crippen molar-refractivity contribution in [3.8, 4) is 5.75 Å². The van der Waals surface area contributed by atoms with E-state index in [0.29, 0.717) is 5.75 Å². The molecule has 1 heterocycles. The Morgan fingerprint density at radius 3 is 2.46 bits per heavy atom. The number of ether oxygens (including phenoxy) is 2. The van der Waals surface area contributed by atoms with E-state index in [0.717, 1.165) is 0 Å². The number of hydrogen-bond donors (Lipinski definition) is 1. The van der Waals surface area contributed by atoms with Crippen LogP contribution in [0.2, 0.25) is 0 Å². The van der Waals surface area contributed by atoms with Crippen molar-refractivity contribution >= 4 is 17.4 Å². The van der Waals surface area contributed by atoms with Gasteiger partial charge in [0, 0.05) is 19.2 Å². The van der Waals surface area contributed by atoms with Crippen molar-refractivity contribution in [2.75, 3.05) is 27.4 Å². The Balaban J connectivity index is 2.23. The van der Waals surface area contributed by atoms with Crippen LogP contribution in [0.4, 0.5) is 4.39 Å². The number of carbonyl (C=O) groups is 2. The fraction of sp³-hybridized carbons (Fsp3) is 0.238. The number of amides is 1. The maximum Gasteiger partial charge on any atom is 0.295 e. The van der Waals surface area contributed by atoms with Gasteiger partial charge in [0.1, 0.15) is 17.3 Å². The Hall–Kier alpha value is -3.19. The molecule has 1 amide bonds. The highest BCUT2D eigenvalue weighted by Crippen LogP contribution is 2.41. The molecule has 1 aliphatic heterocycles. The van der Waals surface area contributed by atoms with Crippen LogP contribution >= 0.6 is 0 Å². The molecule has 0 bridgehead atoms. The van der Waals surface area contributed by atoms with Gasteiger partial charge in [-0.25, -0.2) is 4.39 Å². The quantitative estimate of drug-likeness (QED) is 0.470. The Kier molecular flexibility index (Phi) is 5.75. The Labute approximate surface area is 161 Å². The zero-order valence-corrected chi connectivity index (χ0v) is 15.5. The van der Waals surface area contributed by atoms with Crippen molar-refractivity contribution in [3.05, 3.63) is 71.0 Å². The van der Waals surface area contributed by atoms with Gasteiger partial charge in [-0.05, 0) is 18.2 Å². The minimum atomic E-state index is -1.07. The third-order valence-corrected chi connectivity index (χ3v) is 4.64. The number of hydrogen-bond acceptors (Lipinski definition) is 5. The second-order valence-corrected chi connectivity index (χ2v) is 6.21. The molecule has 0 spiro atoms. The topological polar surface area (TPSA) is 76.1 Å². The summed E-state index contributed by atoms with van der Waals surface area (Å²) in [7, 11) is 2.89. The summed E-state index contributed by atoms with van der Waals surface area (Å²) in [6.45, 7) is 0.232. The van der Waals surface area contributed by atoms with E-state index in [2.05, 4.69) is 0 Å². The molecule has 28 heavy (non-hydrogen) atoms. The van der Waals surface area contributed by atoms with Gasteiger partial charge in [0.15, 0.2) is 0 Å². The summed E-state index contributed by atoms with van der Waals surface area (Å²) in [6, 6.07) is 11.3. The Morgan fingerprint density at radius 1 is 1.11 bits per heavy atom. The molecule has 3 rings (SSSR count). The van der Waals surface area contributed by atoms with Gasteiger partial charge in [0.25, 0.3) is 11.7 Å². The molecule has 6 nitrogen and oxygen atoms in total. The van der Waals surface area contributed by atoms with Crippen LogP contribution in [0.1, 0.15) is 17.2 Å². The van der Waals surface area contributed by atoms with E-state index in [1.807, 2.05) is 0 Å². The molecule has 146 valence electrons. The van der Waals surface area contributed by atoms with E-state index >= 15 is 0 Å². The fourth-order valence-corrected chi connectivity index (χ4v) is 3.31. The number of benzene rings is 2. The highest BCUT2D eigenvalue weighted by molar-refractivity contribution is 6.46. The van der Waals surface area contributed by atoms with Crippen molar-refractivity contribution < 1.29 is 28.6 Å². The van der Waals surface area contributed by atoms with Gasteiger partial charge in [0.05, 0.1) is 30.9 Å². The predicted molar refractivity (Wildman–Crippen MR) is 100 cm³/mol. The van der Waals surface area contributed by atoms with E-state index < -0.39 is 29.3 Å². The number of methoxy groups -OCH3 is 2. The monoisotopic (exact) mass is 385 g/mol. The van der Waals surface area contributed by atoms with E-state index in [1.165, 1.54) is 37.3 Å². The third kappa shape index (κ3) is 3.36. The average Bonchev–Trinajstić information content (AvgIpc) is 2.96. The molecule has 1 N–H and O–H groups in total. The first-order valence-corrected chi connectivity index (χ1v) is 8.66. The molecule has 1 aliphatic rings. The lowest BCUT2D eigenvalue weighted by Gasteiger charge is -2.25. The molecule has 0 saturated carbocycles. The lowest BCUT2D eigenvalue weighted by atomic mass is 9.94. The number of aliphatic hydroxyl groups is 1. The Morgan fingerprint density at radius 2 is 1.79 bits per heavy atom.